The van der Waals surface area contributed by atoms with Crippen LogP contribution in [0.1, 0.15) is 12.2 Å². The second kappa shape index (κ2) is 6.02. The number of carboxylic acid groups (broad SMARTS) is 1. The third-order valence-electron chi connectivity index (χ3n) is 2.06. The number of thioether (sulfide) groups is 1. The van der Waals surface area contributed by atoms with Crippen molar-refractivity contribution >= 4 is 51.0 Å². The van der Waals surface area contributed by atoms with Gasteiger partial charge in [0.05, 0.1) is 11.5 Å². The Morgan fingerprint density at radius 1 is 1.63 bits per heavy atom. The summed E-state index contributed by atoms with van der Waals surface area (Å²) in [4.78, 5) is 21.8. The van der Waals surface area contributed by atoms with Crippen LogP contribution in [0.25, 0.3) is 0 Å². The molecule has 9 heteroatoms. The summed E-state index contributed by atoms with van der Waals surface area (Å²) >= 11 is 4.14. The first-order valence-electron chi connectivity index (χ1n) is 5.08. The van der Waals surface area contributed by atoms with Gasteiger partial charge in [-0.2, -0.15) is 5.10 Å². The highest BCUT2D eigenvalue weighted by Gasteiger charge is 2.30. The SMILES string of the molecule is O=C([O-])C[C@H]1S/C(=N\N=C/c2ccc(Br)o2)NC1=O. The van der Waals surface area contributed by atoms with Crippen LogP contribution < -0.4 is 10.4 Å². The fourth-order valence-corrected chi connectivity index (χ4v) is 2.50. The topological polar surface area (TPSA) is 107 Å². The van der Waals surface area contributed by atoms with Gasteiger partial charge in [0.1, 0.15) is 5.76 Å². The lowest BCUT2D eigenvalue weighted by atomic mass is 10.3. The Morgan fingerprint density at radius 2 is 2.42 bits per heavy atom. The molecule has 1 amide bonds. The molecule has 1 aromatic heterocycles. The van der Waals surface area contributed by atoms with Gasteiger partial charge in [0, 0.05) is 12.4 Å². The first-order chi connectivity index (χ1) is 9.04. The van der Waals surface area contributed by atoms with Gasteiger partial charge in [-0.25, -0.2) is 0 Å². The summed E-state index contributed by atoms with van der Waals surface area (Å²) in [6, 6.07) is 3.39. The predicted octanol–water partition coefficient (Wildman–Crippen LogP) is 0.104. The molecular formula is C10H7BrN3O4S-. The fourth-order valence-electron chi connectivity index (χ4n) is 1.27. The van der Waals surface area contributed by atoms with Gasteiger partial charge in [0.25, 0.3) is 0 Å². The number of carbonyl (C=O) groups is 2. The van der Waals surface area contributed by atoms with E-state index >= 15 is 0 Å². The quantitative estimate of drug-likeness (QED) is 0.615. The van der Waals surface area contributed by atoms with Crippen molar-refractivity contribution in [3.8, 4) is 0 Å². The number of amides is 1. The molecule has 1 N–H and O–H groups in total. The van der Waals surface area contributed by atoms with Crippen molar-refractivity contribution < 1.29 is 19.1 Å². The van der Waals surface area contributed by atoms with Gasteiger partial charge in [0.15, 0.2) is 9.84 Å². The molecule has 1 atom stereocenters. The van der Waals surface area contributed by atoms with Crippen molar-refractivity contribution in [2.24, 2.45) is 10.2 Å². The van der Waals surface area contributed by atoms with Crippen molar-refractivity contribution in [3.05, 3.63) is 22.6 Å². The fraction of sp³-hybridized carbons (Fsp3) is 0.200. The highest BCUT2D eigenvalue weighted by atomic mass is 79.9. The van der Waals surface area contributed by atoms with Gasteiger partial charge < -0.3 is 19.6 Å². The number of aliphatic carboxylic acids is 1. The summed E-state index contributed by atoms with van der Waals surface area (Å²) in [5, 5.41) is 19.9. The van der Waals surface area contributed by atoms with Crippen LogP contribution in [0.5, 0.6) is 0 Å². The number of hydrogen-bond acceptors (Lipinski definition) is 7. The Kier molecular flexibility index (Phi) is 4.38. The number of rotatable bonds is 4. The van der Waals surface area contributed by atoms with Crippen molar-refractivity contribution in [1.82, 2.24) is 5.32 Å². The second-order valence-electron chi connectivity index (χ2n) is 3.46. The minimum Gasteiger partial charge on any atom is -0.550 e. The van der Waals surface area contributed by atoms with Gasteiger partial charge >= 0.3 is 0 Å². The third-order valence-corrected chi connectivity index (χ3v) is 3.55. The van der Waals surface area contributed by atoms with E-state index in [1.54, 1.807) is 12.1 Å². The van der Waals surface area contributed by atoms with E-state index in [-0.39, 0.29) is 11.6 Å². The maximum Gasteiger partial charge on any atom is 0.239 e. The van der Waals surface area contributed by atoms with E-state index in [0.717, 1.165) is 11.8 Å². The average molecular weight is 345 g/mol. The molecule has 1 aliphatic heterocycles. The second-order valence-corrected chi connectivity index (χ2v) is 5.44. The molecule has 1 saturated heterocycles. The van der Waals surface area contributed by atoms with Gasteiger partial charge in [0.2, 0.25) is 5.91 Å². The summed E-state index contributed by atoms with van der Waals surface area (Å²) in [6.07, 6.45) is 1.01. The van der Waals surface area contributed by atoms with Crippen LogP contribution in [0.2, 0.25) is 0 Å². The van der Waals surface area contributed by atoms with Gasteiger partial charge in [-0.15, -0.1) is 5.10 Å². The lowest BCUT2D eigenvalue weighted by Crippen LogP contribution is -2.31. The maximum absolute atomic E-state index is 11.4. The molecule has 1 aromatic rings. The Labute approximate surface area is 120 Å². The van der Waals surface area contributed by atoms with E-state index in [1.807, 2.05) is 0 Å². The van der Waals surface area contributed by atoms with Crippen LogP contribution in [0.3, 0.4) is 0 Å². The van der Waals surface area contributed by atoms with Crippen molar-refractivity contribution in [2.75, 3.05) is 0 Å². The largest absolute Gasteiger partial charge is 0.550 e. The van der Waals surface area contributed by atoms with E-state index < -0.39 is 17.1 Å². The monoisotopic (exact) mass is 344 g/mol. The zero-order chi connectivity index (χ0) is 13.8. The Bertz CT molecular complexity index is 569. The standard InChI is InChI=1S/C10H8BrN3O4S/c11-7-2-1-5(18-7)4-12-14-10-13-9(17)6(19-10)3-8(15)16/h1-2,4,6H,3H2,(H,15,16)(H,13,14,17)/p-1/b12-4-/t6-/m1/s1. The van der Waals surface area contributed by atoms with Gasteiger partial charge in [-0.05, 0) is 28.1 Å². The van der Waals surface area contributed by atoms with Crippen molar-refractivity contribution in [1.29, 1.82) is 0 Å². The predicted molar refractivity (Wildman–Crippen MR) is 70.6 cm³/mol. The van der Waals surface area contributed by atoms with E-state index in [4.69, 9.17) is 4.42 Å². The lowest BCUT2D eigenvalue weighted by Gasteiger charge is -2.04. The third kappa shape index (κ3) is 3.93. The van der Waals surface area contributed by atoms with E-state index in [9.17, 15) is 14.7 Å². The average Bonchev–Trinajstić information content (AvgIpc) is 2.86. The molecule has 0 bridgehead atoms. The summed E-state index contributed by atoms with van der Waals surface area (Å²) in [5.74, 6) is -1.20. The van der Waals surface area contributed by atoms with Crippen molar-refractivity contribution in [3.63, 3.8) is 0 Å². The minimum absolute atomic E-state index is 0.248. The number of carbonyl (C=O) groups excluding carboxylic acids is 2. The van der Waals surface area contributed by atoms with Crippen LogP contribution in [-0.2, 0) is 9.59 Å². The number of nitrogens with zero attached hydrogens (tertiary/aromatic N) is 2. The molecule has 0 saturated carbocycles. The Morgan fingerprint density at radius 3 is 3.05 bits per heavy atom. The smallest absolute Gasteiger partial charge is 0.239 e. The minimum atomic E-state index is -1.28. The van der Waals surface area contributed by atoms with Crippen LogP contribution in [0, 0.1) is 0 Å². The molecule has 19 heavy (non-hydrogen) atoms. The molecule has 0 radical (unpaired) electrons. The number of hydrogen-bond donors (Lipinski definition) is 1. The number of carboxylic acids is 1. The first-order valence-corrected chi connectivity index (χ1v) is 6.75. The molecule has 100 valence electrons. The normalized spacial score (nSPS) is 21.2. The number of nitrogens with one attached hydrogen (secondary N) is 1. The Hall–Kier alpha value is -1.61. The molecule has 7 nitrogen and oxygen atoms in total. The molecule has 0 spiro atoms. The van der Waals surface area contributed by atoms with E-state index in [2.05, 4.69) is 31.4 Å². The highest BCUT2D eigenvalue weighted by molar-refractivity contribution is 9.10. The summed E-state index contributed by atoms with van der Waals surface area (Å²) < 4.78 is 5.73. The van der Waals surface area contributed by atoms with Crippen LogP contribution in [0.4, 0.5) is 0 Å². The zero-order valence-corrected chi connectivity index (χ0v) is 11.7. The number of amidine groups is 1. The van der Waals surface area contributed by atoms with Gasteiger partial charge in [-0.3, -0.25) is 4.79 Å². The molecule has 1 aliphatic rings. The maximum atomic E-state index is 11.4. The Balaban J connectivity index is 1.96. The highest BCUT2D eigenvalue weighted by Crippen LogP contribution is 2.22. The number of halogens is 1. The molecule has 2 heterocycles. The van der Waals surface area contributed by atoms with Crippen LogP contribution in [-0.4, -0.2) is 28.5 Å². The first kappa shape index (κ1) is 13.8. The summed E-state index contributed by atoms with van der Waals surface area (Å²) in [6.45, 7) is 0. The van der Waals surface area contributed by atoms with E-state index in [0.29, 0.717) is 10.4 Å². The van der Waals surface area contributed by atoms with Crippen molar-refractivity contribution in [2.45, 2.75) is 11.7 Å². The summed E-state index contributed by atoms with van der Waals surface area (Å²) in [5.41, 5.74) is 0. The van der Waals surface area contributed by atoms with Gasteiger partial charge in [-0.1, -0.05) is 11.8 Å². The van der Waals surface area contributed by atoms with Crippen LogP contribution >= 0.6 is 27.7 Å². The van der Waals surface area contributed by atoms with Crippen LogP contribution in [0.15, 0.2) is 31.4 Å². The zero-order valence-electron chi connectivity index (χ0n) is 9.33. The van der Waals surface area contributed by atoms with E-state index in [1.165, 1.54) is 6.21 Å². The molecule has 0 aromatic carbocycles. The molecule has 2 rings (SSSR count). The number of furan rings is 1. The lowest BCUT2D eigenvalue weighted by molar-refractivity contribution is -0.305. The summed E-state index contributed by atoms with van der Waals surface area (Å²) in [7, 11) is 0. The molecule has 1 fully saturated rings. The molecule has 0 unspecified atom stereocenters. The molecule has 0 aliphatic carbocycles. The molecular weight excluding hydrogens is 338 g/mol.